The standard InChI is InChI=1S/C20H27N/c1-14(2)11-16-12-19(17-10-8-7-9-15(17)3)21-13-18(16)20(4,5)6/h7-10,12-14H,11H2,1-6H3. The van der Waals surface area contributed by atoms with Gasteiger partial charge in [-0.3, -0.25) is 4.98 Å². The molecule has 2 rings (SSSR count). The molecule has 0 amide bonds. The molecule has 0 aliphatic carbocycles. The van der Waals surface area contributed by atoms with Gasteiger partial charge in [-0.1, -0.05) is 58.9 Å². The van der Waals surface area contributed by atoms with Crippen LogP contribution in [0.25, 0.3) is 11.3 Å². The molecule has 0 spiro atoms. The quantitative estimate of drug-likeness (QED) is 0.718. The molecule has 0 fully saturated rings. The van der Waals surface area contributed by atoms with Gasteiger partial charge in [0.2, 0.25) is 0 Å². The van der Waals surface area contributed by atoms with E-state index in [-0.39, 0.29) is 5.41 Å². The van der Waals surface area contributed by atoms with Crippen molar-refractivity contribution in [3.63, 3.8) is 0 Å². The van der Waals surface area contributed by atoms with Crippen molar-refractivity contribution in [1.82, 2.24) is 4.98 Å². The van der Waals surface area contributed by atoms with Crippen molar-refractivity contribution in [2.24, 2.45) is 5.92 Å². The van der Waals surface area contributed by atoms with Crippen LogP contribution in [0.1, 0.15) is 51.3 Å². The Bertz CT molecular complexity index is 618. The van der Waals surface area contributed by atoms with Crippen molar-refractivity contribution in [3.8, 4) is 11.3 Å². The summed E-state index contributed by atoms with van der Waals surface area (Å²) in [5.74, 6) is 0.651. The molecular formula is C20H27N. The van der Waals surface area contributed by atoms with Crippen LogP contribution in [-0.4, -0.2) is 4.98 Å². The number of rotatable bonds is 3. The third kappa shape index (κ3) is 3.72. The van der Waals surface area contributed by atoms with Crippen LogP contribution in [0.5, 0.6) is 0 Å². The zero-order chi connectivity index (χ0) is 15.6. The summed E-state index contributed by atoms with van der Waals surface area (Å²) in [6.07, 6.45) is 3.19. The van der Waals surface area contributed by atoms with Crippen molar-refractivity contribution < 1.29 is 0 Å². The molecule has 112 valence electrons. The fourth-order valence-electron chi connectivity index (χ4n) is 2.79. The lowest BCUT2D eigenvalue weighted by atomic mass is 9.82. The third-order valence-corrected chi connectivity index (χ3v) is 3.85. The van der Waals surface area contributed by atoms with E-state index in [4.69, 9.17) is 4.98 Å². The van der Waals surface area contributed by atoms with E-state index in [1.54, 1.807) is 0 Å². The van der Waals surface area contributed by atoms with E-state index in [1.807, 2.05) is 0 Å². The SMILES string of the molecule is Cc1ccccc1-c1cc(CC(C)C)c(C(C)(C)C)cn1. The lowest BCUT2D eigenvalue weighted by Gasteiger charge is -2.24. The molecule has 1 aromatic carbocycles. The summed E-state index contributed by atoms with van der Waals surface area (Å²) >= 11 is 0. The Hall–Kier alpha value is -1.63. The third-order valence-electron chi connectivity index (χ3n) is 3.85. The minimum atomic E-state index is 0.140. The Labute approximate surface area is 129 Å². The molecule has 0 aliphatic heterocycles. The lowest BCUT2D eigenvalue weighted by Crippen LogP contribution is -2.16. The molecule has 0 atom stereocenters. The molecule has 1 heteroatoms. The minimum Gasteiger partial charge on any atom is -0.256 e. The predicted octanol–water partition coefficient (Wildman–Crippen LogP) is 5.55. The maximum absolute atomic E-state index is 4.74. The van der Waals surface area contributed by atoms with Crippen LogP contribution >= 0.6 is 0 Å². The number of nitrogens with zero attached hydrogens (tertiary/aromatic N) is 1. The first-order chi connectivity index (χ1) is 9.79. The van der Waals surface area contributed by atoms with Gasteiger partial charge in [-0.25, -0.2) is 0 Å². The molecule has 1 nitrogen and oxygen atoms in total. The normalized spacial score (nSPS) is 12.0. The van der Waals surface area contributed by atoms with Gasteiger partial charge in [-0.15, -0.1) is 0 Å². The van der Waals surface area contributed by atoms with Crippen molar-refractivity contribution in [1.29, 1.82) is 0 Å². The van der Waals surface area contributed by atoms with E-state index in [9.17, 15) is 0 Å². The second-order valence-electron chi connectivity index (χ2n) is 7.39. The van der Waals surface area contributed by atoms with E-state index < -0.39 is 0 Å². The molecule has 1 heterocycles. The average Bonchev–Trinajstić information content (AvgIpc) is 2.37. The molecule has 21 heavy (non-hydrogen) atoms. The highest BCUT2D eigenvalue weighted by molar-refractivity contribution is 5.64. The number of aromatic nitrogens is 1. The van der Waals surface area contributed by atoms with Crippen LogP contribution in [0, 0.1) is 12.8 Å². The van der Waals surface area contributed by atoms with Gasteiger partial charge >= 0.3 is 0 Å². The molecule has 0 bridgehead atoms. The second kappa shape index (κ2) is 6.01. The topological polar surface area (TPSA) is 12.9 Å². The van der Waals surface area contributed by atoms with E-state index in [2.05, 4.69) is 78.1 Å². The van der Waals surface area contributed by atoms with Gasteiger partial charge in [0.25, 0.3) is 0 Å². The predicted molar refractivity (Wildman–Crippen MR) is 91.7 cm³/mol. The number of hydrogen-bond donors (Lipinski definition) is 0. The lowest BCUT2D eigenvalue weighted by molar-refractivity contribution is 0.564. The first-order valence-corrected chi connectivity index (χ1v) is 7.84. The molecule has 0 saturated heterocycles. The largest absolute Gasteiger partial charge is 0.256 e. The fourth-order valence-corrected chi connectivity index (χ4v) is 2.79. The summed E-state index contributed by atoms with van der Waals surface area (Å²) in [4.78, 5) is 4.74. The molecule has 0 saturated carbocycles. The van der Waals surface area contributed by atoms with Gasteiger partial charge in [0.15, 0.2) is 0 Å². The van der Waals surface area contributed by atoms with Crippen LogP contribution < -0.4 is 0 Å². The van der Waals surface area contributed by atoms with Crippen molar-refractivity contribution in [2.45, 2.75) is 53.4 Å². The molecule has 1 aromatic heterocycles. The highest BCUT2D eigenvalue weighted by atomic mass is 14.7. The first kappa shape index (κ1) is 15.8. The number of pyridine rings is 1. The molecule has 0 unspecified atom stereocenters. The van der Waals surface area contributed by atoms with Gasteiger partial charge in [-0.05, 0) is 47.4 Å². The summed E-state index contributed by atoms with van der Waals surface area (Å²) < 4.78 is 0. The Morgan fingerprint density at radius 2 is 1.76 bits per heavy atom. The summed E-state index contributed by atoms with van der Waals surface area (Å²) in [5.41, 5.74) is 6.56. The van der Waals surface area contributed by atoms with Crippen LogP contribution in [0.4, 0.5) is 0 Å². The first-order valence-electron chi connectivity index (χ1n) is 7.84. The zero-order valence-corrected chi connectivity index (χ0v) is 14.2. The van der Waals surface area contributed by atoms with Crippen LogP contribution in [0.15, 0.2) is 36.5 Å². The van der Waals surface area contributed by atoms with E-state index in [0.717, 1.165) is 12.1 Å². The molecule has 2 aromatic rings. The zero-order valence-electron chi connectivity index (χ0n) is 14.2. The smallest absolute Gasteiger partial charge is 0.0707 e. The Balaban J connectivity index is 2.54. The summed E-state index contributed by atoms with van der Waals surface area (Å²) in [5, 5.41) is 0. The summed E-state index contributed by atoms with van der Waals surface area (Å²) in [6.45, 7) is 13.5. The molecule has 0 radical (unpaired) electrons. The highest BCUT2D eigenvalue weighted by Gasteiger charge is 2.20. The molecule has 0 N–H and O–H groups in total. The van der Waals surface area contributed by atoms with Crippen molar-refractivity contribution >= 4 is 0 Å². The Morgan fingerprint density at radius 1 is 1.10 bits per heavy atom. The van der Waals surface area contributed by atoms with E-state index in [0.29, 0.717) is 5.92 Å². The number of benzene rings is 1. The van der Waals surface area contributed by atoms with Crippen LogP contribution in [0.3, 0.4) is 0 Å². The highest BCUT2D eigenvalue weighted by Crippen LogP contribution is 2.30. The second-order valence-corrected chi connectivity index (χ2v) is 7.39. The van der Waals surface area contributed by atoms with Gasteiger partial charge in [-0.2, -0.15) is 0 Å². The van der Waals surface area contributed by atoms with Gasteiger partial charge in [0, 0.05) is 11.8 Å². The molecule has 0 aliphatic rings. The molecular weight excluding hydrogens is 254 g/mol. The summed E-state index contributed by atoms with van der Waals surface area (Å²) in [7, 11) is 0. The monoisotopic (exact) mass is 281 g/mol. The van der Waals surface area contributed by atoms with Gasteiger partial charge in [0.1, 0.15) is 0 Å². The average molecular weight is 281 g/mol. The Kier molecular flexibility index (Phi) is 4.51. The van der Waals surface area contributed by atoms with Crippen LogP contribution in [0.2, 0.25) is 0 Å². The maximum atomic E-state index is 4.74. The summed E-state index contributed by atoms with van der Waals surface area (Å²) in [6, 6.07) is 10.8. The van der Waals surface area contributed by atoms with Gasteiger partial charge < -0.3 is 0 Å². The fraction of sp³-hybridized carbons (Fsp3) is 0.450. The maximum Gasteiger partial charge on any atom is 0.0707 e. The van der Waals surface area contributed by atoms with Crippen molar-refractivity contribution in [3.05, 3.63) is 53.2 Å². The number of aryl methyl sites for hydroxylation is 1. The number of hydrogen-bond acceptors (Lipinski definition) is 1. The van der Waals surface area contributed by atoms with Crippen LogP contribution in [-0.2, 0) is 11.8 Å². The van der Waals surface area contributed by atoms with E-state index in [1.165, 1.54) is 22.3 Å². The Morgan fingerprint density at radius 3 is 2.33 bits per heavy atom. The minimum absolute atomic E-state index is 0.140. The van der Waals surface area contributed by atoms with Gasteiger partial charge in [0.05, 0.1) is 5.69 Å². The van der Waals surface area contributed by atoms with Crippen molar-refractivity contribution in [2.75, 3.05) is 0 Å². The van der Waals surface area contributed by atoms with E-state index >= 15 is 0 Å².